The van der Waals surface area contributed by atoms with Gasteiger partial charge in [-0.15, -0.1) is 0 Å². The summed E-state index contributed by atoms with van der Waals surface area (Å²) in [6.45, 7) is 1.76. The molecular formula is C21H23FN4O4. The van der Waals surface area contributed by atoms with Gasteiger partial charge in [0.2, 0.25) is 0 Å². The van der Waals surface area contributed by atoms with E-state index in [0.717, 1.165) is 0 Å². The van der Waals surface area contributed by atoms with Gasteiger partial charge in [-0.25, -0.2) is 4.39 Å². The Bertz CT molecular complexity index is 956. The average molecular weight is 414 g/mol. The van der Waals surface area contributed by atoms with Crippen LogP contribution in [0.1, 0.15) is 23.6 Å². The van der Waals surface area contributed by atoms with Crippen molar-refractivity contribution in [3.05, 3.63) is 71.0 Å². The third-order valence-corrected chi connectivity index (χ3v) is 3.96. The first-order valence-electron chi connectivity index (χ1n) is 8.97. The molecule has 2 rings (SSSR count). The Balaban J connectivity index is 2.23. The molecule has 1 N–H and O–H groups in total. The molecule has 1 amide bonds. The van der Waals surface area contributed by atoms with E-state index in [-0.39, 0.29) is 18.1 Å². The molecular weight excluding hydrogens is 391 g/mol. The number of nitrogens with zero attached hydrogens (tertiary/aromatic N) is 3. The number of nitrogens with one attached hydrogen (secondary N) is 1. The molecule has 0 heterocycles. The molecule has 0 bridgehead atoms. The van der Waals surface area contributed by atoms with E-state index in [4.69, 9.17) is 14.5 Å². The summed E-state index contributed by atoms with van der Waals surface area (Å²) in [5.74, 6) is -0.752. The SMILES string of the molecule is CNC(=O)/C(=N\OC)c1ccccc1CO/N=C(C)/C(=N/OC)c1ccc(F)cc1. The van der Waals surface area contributed by atoms with Crippen molar-refractivity contribution in [2.45, 2.75) is 13.5 Å². The summed E-state index contributed by atoms with van der Waals surface area (Å²) in [6.07, 6.45) is 0. The third-order valence-electron chi connectivity index (χ3n) is 3.96. The highest BCUT2D eigenvalue weighted by Gasteiger charge is 2.17. The first-order chi connectivity index (χ1) is 14.5. The minimum absolute atomic E-state index is 0.0664. The molecule has 2 aromatic carbocycles. The summed E-state index contributed by atoms with van der Waals surface area (Å²) >= 11 is 0. The summed E-state index contributed by atoms with van der Waals surface area (Å²) < 4.78 is 13.2. The van der Waals surface area contributed by atoms with E-state index in [1.54, 1.807) is 37.3 Å². The van der Waals surface area contributed by atoms with Gasteiger partial charge in [0.1, 0.15) is 38.1 Å². The zero-order chi connectivity index (χ0) is 21.9. The van der Waals surface area contributed by atoms with Crippen LogP contribution in [0.15, 0.2) is 64.0 Å². The summed E-state index contributed by atoms with van der Waals surface area (Å²) in [7, 11) is 4.28. The fraction of sp³-hybridized carbons (Fsp3) is 0.238. The molecule has 9 heteroatoms. The summed E-state index contributed by atoms with van der Waals surface area (Å²) in [5, 5.41) is 14.4. The van der Waals surface area contributed by atoms with E-state index in [9.17, 15) is 9.18 Å². The normalized spacial score (nSPS) is 12.4. The zero-order valence-electron chi connectivity index (χ0n) is 17.2. The van der Waals surface area contributed by atoms with Gasteiger partial charge in [-0.3, -0.25) is 4.79 Å². The first kappa shape index (κ1) is 22.5. The lowest BCUT2D eigenvalue weighted by Gasteiger charge is -2.10. The number of halogens is 1. The second kappa shape index (κ2) is 11.3. The van der Waals surface area contributed by atoms with Crippen LogP contribution in [-0.2, 0) is 25.9 Å². The number of likely N-dealkylation sites (N-methyl/N-ethyl adjacent to an activating group) is 1. The number of rotatable bonds is 9. The van der Waals surface area contributed by atoms with Crippen molar-refractivity contribution in [1.29, 1.82) is 0 Å². The van der Waals surface area contributed by atoms with E-state index < -0.39 is 5.91 Å². The maximum atomic E-state index is 13.2. The van der Waals surface area contributed by atoms with Crippen LogP contribution in [0.5, 0.6) is 0 Å². The molecule has 0 atom stereocenters. The van der Waals surface area contributed by atoms with Crippen LogP contribution in [-0.4, -0.2) is 44.3 Å². The van der Waals surface area contributed by atoms with Crippen LogP contribution in [0.3, 0.4) is 0 Å². The molecule has 0 aliphatic heterocycles. The molecule has 0 aliphatic rings. The molecule has 0 unspecified atom stereocenters. The van der Waals surface area contributed by atoms with Crippen LogP contribution >= 0.6 is 0 Å². The van der Waals surface area contributed by atoms with Crippen LogP contribution in [0.25, 0.3) is 0 Å². The van der Waals surface area contributed by atoms with Crippen molar-refractivity contribution in [1.82, 2.24) is 5.32 Å². The monoisotopic (exact) mass is 414 g/mol. The fourth-order valence-corrected chi connectivity index (χ4v) is 2.57. The van der Waals surface area contributed by atoms with Gasteiger partial charge in [0, 0.05) is 23.7 Å². The molecule has 0 saturated carbocycles. The zero-order valence-corrected chi connectivity index (χ0v) is 17.2. The minimum Gasteiger partial charge on any atom is -0.399 e. The lowest BCUT2D eigenvalue weighted by atomic mass is 10.0. The minimum atomic E-state index is -0.394. The summed E-state index contributed by atoms with van der Waals surface area (Å²) in [5.41, 5.74) is 2.80. The standard InChI is InChI=1S/C21H23FN4O4/c1-14(19(25-28-3)15-9-11-17(22)12-10-15)24-30-13-16-7-5-6-8-18(16)20(26-29-4)21(27)23-2/h5-12H,13H2,1-4H3,(H,23,27)/b24-14+,25-19-,26-20-. The number of hydrogen-bond donors (Lipinski definition) is 1. The van der Waals surface area contributed by atoms with Gasteiger partial charge in [0.05, 0.1) is 0 Å². The average Bonchev–Trinajstić information content (AvgIpc) is 2.76. The number of oxime groups is 3. The van der Waals surface area contributed by atoms with Crippen LogP contribution < -0.4 is 5.32 Å². The van der Waals surface area contributed by atoms with E-state index in [1.807, 2.05) is 6.07 Å². The van der Waals surface area contributed by atoms with Crippen molar-refractivity contribution in [2.24, 2.45) is 15.5 Å². The lowest BCUT2D eigenvalue weighted by Crippen LogP contribution is -2.29. The van der Waals surface area contributed by atoms with Crippen LogP contribution in [0, 0.1) is 5.82 Å². The molecule has 0 spiro atoms. The molecule has 158 valence electrons. The van der Waals surface area contributed by atoms with Crippen LogP contribution in [0.2, 0.25) is 0 Å². The van der Waals surface area contributed by atoms with E-state index >= 15 is 0 Å². The Labute approximate surface area is 174 Å². The van der Waals surface area contributed by atoms with Crippen molar-refractivity contribution >= 4 is 23.0 Å². The Morgan fingerprint density at radius 2 is 1.60 bits per heavy atom. The summed E-state index contributed by atoms with van der Waals surface area (Å²) in [6, 6.07) is 12.9. The fourth-order valence-electron chi connectivity index (χ4n) is 2.57. The highest BCUT2D eigenvalue weighted by atomic mass is 19.1. The summed E-state index contributed by atoms with van der Waals surface area (Å²) in [4.78, 5) is 27.3. The van der Waals surface area contributed by atoms with Crippen molar-refractivity contribution < 1.29 is 23.7 Å². The molecule has 0 aromatic heterocycles. The molecule has 0 saturated heterocycles. The number of carbonyl (C=O) groups excluding carboxylic acids is 1. The number of amides is 1. The quantitative estimate of drug-likeness (QED) is 0.504. The predicted molar refractivity (Wildman–Crippen MR) is 112 cm³/mol. The Hall–Kier alpha value is -3.75. The predicted octanol–water partition coefficient (Wildman–Crippen LogP) is 2.87. The van der Waals surface area contributed by atoms with E-state index in [2.05, 4.69) is 20.8 Å². The molecule has 0 radical (unpaired) electrons. The molecule has 30 heavy (non-hydrogen) atoms. The second-order valence-corrected chi connectivity index (χ2v) is 5.94. The van der Waals surface area contributed by atoms with Gasteiger partial charge < -0.3 is 19.8 Å². The van der Waals surface area contributed by atoms with Gasteiger partial charge in [0.15, 0.2) is 5.71 Å². The van der Waals surface area contributed by atoms with Gasteiger partial charge in [-0.1, -0.05) is 39.7 Å². The Morgan fingerprint density at radius 1 is 0.967 bits per heavy atom. The maximum absolute atomic E-state index is 13.2. The van der Waals surface area contributed by atoms with Crippen molar-refractivity contribution in [3.8, 4) is 0 Å². The topological polar surface area (TPSA) is 93.9 Å². The molecule has 0 fully saturated rings. The largest absolute Gasteiger partial charge is 0.399 e. The number of carbonyl (C=O) groups is 1. The third kappa shape index (κ3) is 5.87. The van der Waals surface area contributed by atoms with E-state index in [1.165, 1.54) is 33.4 Å². The van der Waals surface area contributed by atoms with Crippen LogP contribution in [0.4, 0.5) is 4.39 Å². The van der Waals surface area contributed by atoms with Gasteiger partial charge in [-0.2, -0.15) is 0 Å². The smallest absolute Gasteiger partial charge is 0.273 e. The number of benzene rings is 2. The van der Waals surface area contributed by atoms with Gasteiger partial charge in [-0.05, 0) is 31.2 Å². The molecule has 8 nitrogen and oxygen atoms in total. The van der Waals surface area contributed by atoms with Crippen molar-refractivity contribution in [3.63, 3.8) is 0 Å². The second-order valence-electron chi connectivity index (χ2n) is 5.94. The Kier molecular flexibility index (Phi) is 8.49. The highest BCUT2D eigenvalue weighted by Crippen LogP contribution is 2.13. The molecule has 2 aromatic rings. The molecule has 0 aliphatic carbocycles. The first-order valence-corrected chi connectivity index (χ1v) is 8.97. The van der Waals surface area contributed by atoms with Gasteiger partial charge in [0.25, 0.3) is 5.91 Å². The maximum Gasteiger partial charge on any atom is 0.273 e. The number of hydrogen-bond acceptors (Lipinski definition) is 7. The Morgan fingerprint density at radius 3 is 2.23 bits per heavy atom. The lowest BCUT2D eigenvalue weighted by molar-refractivity contribution is -0.114. The van der Waals surface area contributed by atoms with Gasteiger partial charge >= 0.3 is 0 Å². The van der Waals surface area contributed by atoms with Crippen molar-refractivity contribution in [2.75, 3.05) is 21.3 Å². The highest BCUT2D eigenvalue weighted by molar-refractivity contribution is 6.47. The van der Waals surface area contributed by atoms with E-state index in [0.29, 0.717) is 28.1 Å².